The molecule has 0 saturated carbocycles. The lowest BCUT2D eigenvalue weighted by Crippen LogP contribution is -2.14. The third kappa shape index (κ3) is 4.19. The number of nitrogens with two attached hydrogens (primary N) is 1. The Labute approximate surface area is 143 Å². The smallest absolute Gasteiger partial charge is 0.181 e. The molecular formula is C17H17N5OS. The van der Waals surface area contributed by atoms with Gasteiger partial charge in [0.2, 0.25) is 0 Å². The molecule has 0 aliphatic heterocycles. The Bertz CT molecular complexity index is 933. The molecule has 1 aromatic carbocycles. The lowest BCUT2D eigenvalue weighted by Gasteiger charge is -2.07. The molecule has 3 aromatic rings. The zero-order chi connectivity index (χ0) is 17.2. The van der Waals surface area contributed by atoms with Crippen molar-refractivity contribution in [2.45, 2.75) is 26.0 Å². The first-order valence-electron chi connectivity index (χ1n) is 7.35. The van der Waals surface area contributed by atoms with Crippen LogP contribution in [0.4, 0.5) is 10.9 Å². The molecule has 0 aliphatic carbocycles. The number of nitrogen functional groups attached to an aromatic ring is 1. The number of nitrogens with one attached hydrogen (secondary N) is 1. The van der Waals surface area contributed by atoms with Gasteiger partial charge in [-0.3, -0.25) is 4.98 Å². The van der Waals surface area contributed by atoms with Crippen molar-refractivity contribution < 1.29 is 5.11 Å². The Kier molecular flexibility index (Phi) is 4.34. The fraction of sp³-hybridized carbons (Fsp3) is 0.235. The molecule has 0 atom stereocenters. The lowest BCUT2D eigenvalue weighted by atomic mass is 10.1. The van der Waals surface area contributed by atoms with E-state index in [-0.39, 0.29) is 0 Å². The van der Waals surface area contributed by atoms with Gasteiger partial charge in [-0.05, 0) is 37.5 Å². The number of nitrogens with zero attached hydrogens (tertiary/aromatic N) is 3. The second-order valence-corrected chi connectivity index (χ2v) is 6.87. The zero-order valence-electron chi connectivity index (χ0n) is 13.4. The Morgan fingerprint density at radius 3 is 2.92 bits per heavy atom. The molecule has 0 aliphatic rings. The molecule has 6 nitrogen and oxygen atoms in total. The molecule has 4 N–H and O–H groups in total. The number of hydrogen-bond donors (Lipinski definition) is 3. The largest absolute Gasteiger partial charge is 0.378 e. The molecule has 0 amide bonds. The minimum atomic E-state index is -1.06. The highest BCUT2D eigenvalue weighted by atomic mass is 32.1. The van der Waals surface area contributed by atoms with Crippen molar-refractivity contribution in [3.8, 4) is 11.8 Å². The third-order valence-corrected chi connectivity index (χ3v) is 3.92. The lowest BCUT2D eigenvalue weighted by molar-refractivity contribution is 0.143. The van der Waals surface area contributed by atoms with Crippen LogP contribution < -0.4 is 11.1 Å². The van der Waals surface area contributed by atoms with E-state index in [4.69, 9.17) is 5.73 Å². The van der Waals surface area contributed by atoms with Crippen LogP contribution in [0.1, 0.15) is 25.1 Å². The molecule has 0 spiro atoms. The van der Waals surface area contributed by atoms with Gasteiger partial charge in [-0.2, -0.15) is 0 Å². The Morgan fingerprint density at radius 1 is 1.29 bits per heavy atom. The predicted molar refractivity (Wildman–Crippen MR) is 96.6 cm³/mol. The quantitative estimate of drug-likeness (QED) is 0.634. The van der Waals surface area contributed by atoms with E-state index in [9.17, 15) is 5.11 Å². The van der Waals surface area contributed by atoms with Gasteiger partial charge in [0.25, 0.3) is 0 Å². The summed E-state index contributed by atoms with van der Waals surface area (Å²) in [5.41, 5.74) is 7.18. The molecule has 122 valence electrons. The summed E-state index contributed by atoms with van der Waals surface area (Å²) in [6, 6.07) is 6.01. The molecule has 24 heavy (non-hydrogen) atoms. The summed E-state index contributed by atoms with van der Waals surface area (Å²) in [5, 5.41) is 13.4. The van der Waals surface area contributed by atoms with Crippen LogP contribution in [0.15, 0.2) is 30.6 Å². The number of hydrogen-bond acceptors (Lipinski definition) is 7. The average Bonchev–Trinajstić information content (AvgIpc) is 2.90. The third-order valence-electron chi connectivity index (χ3n) is 3.07. The van der Waals surface area contributed by atoms with Crippen LogP contribution in [0.5, 0.6) is 0 Å². The molecule has 3 rings (SSSR count). The fourth-order valence-corrected chi connectivity index (χ4v) is 2.82. The van der Waals surface area contributed by atoms with Crippen molar-refractivity contribution in [2.75, 3.05) is 11.1 Å². The van der Waals surface area contributed by atoms with E-state index in [0.717, 1.165) is 15.8 Å². The van der Waals surface area contributed by atoms with Gasteiger partial charge in [-0.1, -0.05) is 23.3 Å². The van der Waals surface area contributed by atoms with Gasteiger partial charge in [0.15, 0.2) is 5.13 Å². The Hall–Kier alpha value is -2.69. The van der Waals surface area contributed by atoms with E-state index in [2.05, 4.69) is 38.2 Å². The SMILES string of the molecule is CC(C)(O)C#Cc1cncc(NCc2ccc3nc(N)sc3c2)n1. The van der Waals surface area contributed by atoms with Crippen molar-refractivity contribution in [3.05, 3.63) is 41.9 Å². The number of anilines is 2. The van der Waals surface area contributed by atoms with Crippen LogP contribution >= 0.6 is 11.3 Å². The van der Waals surface area contributed by atoms with Crippen molar-refractivity contribution in [3.63, 3.8) is 0 Å². The number of rotatable bonds is 3. The molecule has 0 unspecified atom stereocenters. The minimum Gasteiger partial charge on any atom is -0.378 e. The van der Waals surface area contributed by atoms with Crippen molar-refractivity contribution in [1.82, 2.24) is 15.0 Å². The molecule has 0 radical (unpaired) electrons. The van der Waals surface area contributed by atoms with Crippen molar-refractivity contribution in [2.24, 2.45) is 0 Å². The van der Waals surface area contributed by atoms with Gasteiger partial charge in [-0.25, -0.2) is 9.97 Å². The summed E-state index contributed by atoms with van der Waals surface area (Å²) in [6.45, 7) is 3.85. The highest BCUT2D eigenvalue weighted by Gasteiger charge is 2.06. The maximum Gasteiger partial charge on any atom is 0.181 e. The first-order valence-corrected chi connectivity index (χ1v) is 8.17. The first kappa shape index (κ1) is 16.2. The topological polar surface area (TPSA) is 97.0 Å². The van der Waals surface area contributed by atoms with Crippen LogP contribution in [0.2, 0.25) is 0 Å². The van der Waals surface area contributed by atoms with E-state index < -0.39 is 5.60 Å². The first-order chi connectivity index (χ1) is 11.4. The number of aliphatic hydroxyl groups is 1. The second kappa shape index (κ2) is 6.43. The van der Waals surface area contributed by atoms with Gasteiger partial charge in [0.05, 0.1) is 22.6 Å². The highest BCUT2D eigenvalue weighted by molar-refractivity contribution is 7.22. The number of thiazole rings is 1. The number of aromatic nitrogens is 3. The fourth-order valence-electron chi connectivity index (χ4n) is 2.02. The van der Waals surface area contributed by atoms with E-state index in [0.29, 0.717) is 23.2 Å². The predicted octanol–water partition coefficient (Wildman–Crippen LogP) is 2.40. The van der Waals surface area contributed by atoms with Crippen LogP contribution in [0, 0.1) is 11.8 Å². The van der Waals surface area contributed by atoms with Gasteiger partial charge in [0.1, 0.15) is 17.1 Å². The van der Waals surface area contributed by atoms with E-state index in [1.54, 1.807) is 26.2 Å². The van der Waals surface area contributed by atoms with E-state index in [1.807, 2.05) is 12.1 Å². The molecule has 2 heterocycles. The molecular weight excluding hydrogens is 322 g/mol. The summed E-state index contributed by atoms with van der Waals surface area (Å²) >= 11 is 1.47. The molecule has 0 saturated heterocycles. The molecule has 7 heteroatoms. The maximum atomic E-state index is 9.64. The number of benzene rings is 1. The van der Waals surface area contributed by atoms with Crippen molar-refractivity contribution >= 4 is 32.5 Å². The maximum absolute atomic E-state index is 9.64. The summed E-state index contributed by atoms with van der Waals surface area (Å²) in [7, 11) is 0. The molecule has 2 aromatic heterocycles. The second-order valence-electron chi connectivity index (χ2n) is 5.81. The van der Waals surface area contributed by atoms with Gasteiger partial charge >= 0.3 is 0 Å². The monoisotopic (exact) mass is 339 g/mol. The summed E-state index contributed by atoms with van der Waals surface area (Å²) < 4.78 is 1.06. The van der Waals surface area contributed by atoms with Crippen molar-refractivity contribution in [1.29, 1.82) is 0 Å². The average molecular weight is 339 g/mol. The normalized spacial score (nSPS) is 11.1. The van der Waals surface area contributed by atoms with Gasteiger partial charge in [0, 0.05) is 6.54 Å². The van der Waals surface area contributed by atoms with Gasteiger partial charge < -0.3 is 16.2 Å². The molecule has 0 bridgehead atoms. The number of fused-ring (bicyclic) bond motifs is 1. The van der Waals surface area contributed by atoms with Crippen LogP contribution in [-0.4, -0.2) is 25.7 Å². The van der Waals surface area contributed by atoms with Crippen LogP contribution in [-0.2, 0) is 6.54 Å². The molecule has 0 fully saturated rings. The van der Waals surface area contributed by atoms with Gasteiger partial charge in [-0.15, -0.1) is 0 Å². The summed E-state index contributed by atoms with van der Waals surface area (Å²) in [4.78, 5) is 12.7. The Morgan fingerprint density at radius 2 is 2.12 bits per heavy atom. The van der Waals surface area contributed by atoms with Crippen LogP contribution in [0.3, 0.4) is 0 Å². The van der Waals surface area contributed by atoms with E-state index in [1.165, 1.54) is 11.3 Å². The zero-order valence-corrected chi connectivity index (χ0v) is 14.2. The standard InChI is InChI=1S/C17H17N5OS/c1-17(2,23)6-5-12-9-19-10-15(21-12)20-8-11-3-4-13-14(7-11)24-16(18)22-13/h3-4,7,9-10,23H,8H2,1-2H3,(H2,18,22)(H,20,21). The van der Waals surface area contributed by atoms with E-state index >= 15 is 0 Å². The summed E-state index contributed by atoms with van der Waals surface area (Å²) in [6.07, 6.45) is 3.20. The minimum absolute atomic E-state index is 0.507. The Balaban J connectivity index is 1.72. The van der Waals surface area contributed by atoms with Crippen LogP contribution in [0.25, 0.3) is 10.2 Å². The highest BCUT2D eigenvalue weighted by Crippen LogP contribution is 2.24. The summed E-state index contributed by atoms with van der Waals surface area (Å²) in [5.74, 6) is 6.16.